The fourth-order valence-corrected chi connectivity index (χ4v) is 2.39. The van der Waals surface area contributed by atoms with Gasteiger partial charge in [-0.05, 0) is 53.4 Å². The van der Waals surface area contributed by atoms with E-state index in [-0.39, 0.29) is 11.1 Å². The number of hydrazone groups is 2. The molecule has 124 valence electrons. The zero-order chi connectivity index (χ0) is 16.1. The lowest BCUT2D eigenvalue weighted by Crippen LogP contribution is -2.26. The Morgan fingerprint density at radius 3 is 1.27 bits per heavy atom. The molecule has 2 saturated heterocycles. The highest BCUT2D eigenvalue weighted by Crippen LogP contribution is 2.15. The molecule has 0 N–H and O–H groups in total. The van der Waals surface area contributed by atoms with E-state index >= 15 is 0 Å². The van der Waals surface area contributed by atoms with Crippen LogP contribution in [-0.2, 0) is 0 Å². The van der Waals surface area contributed by atoms with Crippen molar-refractivity contribution in [2.24, 2.45) is 20.4 Å². The van der Waals surface area contributed by atoms with E-state index in [1.165, 1.54) is 25.7 Å². The van der Waals surface area contributed by atoms with Gasteiger partial charge in [0.15, 0.2) is 0 Å². The largest absolute Gasteiger partial charge is 0.297 e. The molecule has 0 spiro atoms. The van der Waals surface area contributed by atoms with E-state index in [4.69, 9.17) is 0 Å². The lowest BCUT2D eigenvalue weighted by atomic mass is 10.1. The third kappa shape index (κ3) is 5.73. The second kappa shape index (κ2) is 7.20. The molecule has 0 unspecified atom stereocenters. The molecular weight excluding hydrogens is 276 g/mol. The van der Waals surface area contributed by atoms with Gasteiger partial charge in [0, 0.05) is 26.2 Å². The molecule has 0 radical (unpaired) electrons. The van der Waals surface area contributed by atoms with Crippen molar-refractivity contribution >= 4 is 12.4 Å². The normalized spacial score (nSPS) is 21.3. The van der Waals surface area contributed by atoms with Crippen LogP contribution in [0.25, 0.3) is 0 Å². The predicted molar refractivity (Wildman–Crippen MR) is 91.6 cm³/mol. The van der Waals surface area contributed by atoms with Gasteiger partial charge < -0.3 is 0 Å². The Kier molecular flexibility index (Phi) is 5.53. The highest BCUT2D eigenvalue weighted by Gasteiger charge is 2.20. The summed E-state index contributed by atoms with van der Waals surface area (Å²) >= 11 is 0. The maximum Gasteiger partial charge on any atom is 0.113 e. The molecule has 2 heterocycles. The van der Waals surface area contributed by atoms with Crippen LogP contribution in [0, 0.1) is 0 Å². The van der Waals surface area contributed by atoms with Gasteiger partial charge in [-0.1, -0.05) is 0 Å². The minimum absolute atomic E-state index is 0.388. The molecule has 6 heteroatoms. The van der Waals surface area contributed by atoms with Crippen LogP contribution in [-0.4, -0.2) is 59.7 Å². The van der Waals surface area contributed by atoms with Crippen LogP contribution in [0.5, 0.6) is 0 Å². The molecule has 2 aliphatic heterocycles. The number of hydrogen-bond donors (Lipinski definition) is 0. The Morgan fingerprint density at radius 1 is 0.636 bits per heavy atom. The number of nitrogens with zero attached hydrogens (tertiary/aromatic N) is 6. The van der Waals surface area contributed by atoms with Gasteiger partial charge in [-0.3, -0.25) is 10.0 Å². The topological polar surface area (TPSA) is 55.9 Å². The van der Waals surface area contributed by atoms with Crippen LogP contribution in [0.2, 0.25) is 0 Å². The maximum atomic E-state index is 4.52. The summed E-state index contributed by atoms with van der Waals surface area (Å²) in [5.41, 5.74) is -0.775. The molecule has 0 aliphatic carbocycles. The summed E-state index contributed by atoms with van der Waals surface area (Å²) in [4.78, 5) is 0. The van der Waals surface area contributed by atoms with Gasteiger partial charge in [-0.2, -0.15) is 20.4 Å². The SMILES string of the molecule is CC(C)(/C=N/N1CCCC1)/N=N/C(C)(C)/C=N/N1CCCC1. The Balaban J connectivity index is 1.89. The predicted octanol–water partition coefficient (Wildman–Crippen LogP) is 3.16. The molecule has 0 saturated carbocycles. The van der Waals surface area contributed by atoms with Gasteiger partial charge in [0.2, 0.25) is 0 Å². The molecule has 0 amide bonds. The van der Waals surface area contributed by atoms with E-state index in [0.717, 1.165) is 26.2 Å². The number of rotatable bonds is 6. The fraction of sp³-hybridized carbons (Fsp3) is 0.875. The summed E-state index contributed by atoms with van der Waals surface area (Å²) in [6, 6.07) is 0. The Bertz CT molecular complexity index is 386. The smallest absolute Gasteiger partial charge is 0.113 e. The van der Waals surface area contributed by atoms with Crippen molar-refractivity contribution < 1.29 is 0 Å². The first kappa shape index (κ1) is 16.9. The van der Waals surface area contributed by atoms with Crippen LogP contribution < -0.4 is 0 Å². The molecule has 0 aromatic rings. The van der Waals surface area contributed by atoms with Gasteiger partial charge in [-0.15, -0.1) is 0 Å². The summed E-state index contributed by atoms with van der Waals surface area (Å²) in [5.74, 6) is 0. The molecule has 2 fully saturated rings. The van der Waals surface area contributed by atoms with E-state index in [9.17, 15) is 0 Å². The molecule has 0 aromatic heterocycles. The summed E-state index contributed by atoms with van der Waals surface area (Å²) < 4.78 is 0. The average Bonchev–Trinajstić information content (AvgIpc) is 3.14. The van der Waals surface area contributed by atoms with Gasteiger partial charge in [0.25, 0.3) is 0 Å². The van der Waals surface area contributed by atoms with Crippen LogP contribution in [0.4, 0.5) is 0 Å². The minimum atomic E-state index is -0.388. The van der Waals surface area contributed by atoms with E-state index in [1.807, 2.05) is 40.1 Å². The van der Waals surface area contributed by atoms with Gasteiger partial charge >= 0.3 is 0 Å². The van der Waals surface area contributed by atoms with E-state index in [1.54, 1.807) is 0 Å². The van der Waals surface area contributed by atoms with Crippen molar-refractivity contribution in [1.29, 1.82) is 0 Å². The summed E-state index contributed by atoms with van der Waals surface area (Å²) in [6.45, 7) is 12.3. The highest BCUT2D eigenvalue weighted by molar-refractivity contribution is 5.70. The molecule has 22 heavy (non-hydrogen) atoms. The van der Waals surface area contributed by atoms with Crippen LogP contribution in [0.15, 0.2) is 20.4 Å². The molecule has 0 aromatic carbocycles. The molecule has 6 nitrogen and oxygen atoms in total. The number of azo groups is 1. The highest BCUT2D eigenvalue weighted by atomic mass is 15.5. The summed E-state index contributed by atoms with van der Waals surface area (Å²) in [5, 5.41) is 22.2. The van der Waals surface area contributed by atoms with Gasteiger partial charge in [0.1, 0.15) is 11.1 Å². The Labute approximate surface area is 134 Å². The minimum Gasteiger partial charge on any atom is -0.297 e. The van der Waals surface area contributed by atoms with Gasteiger partial charge in [-0.25, -0.2) is 0 Å². The van der Waals surface area contributed by atoms with E-state index in [0.29, 0.717) is 0 Å². The summed E-state index contributed by atoms with van der Waals surface area (Å²) in [6.07, 6.45) is 8.74. The third-order valence-electron chi connectivity index (χ3n) is 3.80. The molecule has 2 aliphatic rings. The fourth-order valence-electron chi connectivity index (χ4n) is 2.39. The summed E-state index contributed by atoms with van der Waals surface area (Å²) in [7, 11) is 0. The quantitative estimate of drug-likeness (QED) is 0.559. The van der Waals surface area contributed by atoms with Crippen molar-refractivity contribution in [3.05, 3.63) is 0 Å². The molecule has 0 atom stereocenters. The maximum absolute atomic E-state index is 4.52. The van der Waals surface area contributed by atoms with Crippen LogP contribution >= 0.6 is 0 Å². The molecular formula is C16H30N6. The second-order valence-electron chi connectivity index (χ2n) is 7.32. The molecule has 2 rings (SSSR count). The van der Waals surface area contributed by atoms with Crippen molar-refractivity contribution in [1.82, 2.24) is 10.0 Å². The van der Waals surface area contributed by atoms with Crippen LogP contribution in [0.3, 0.4) is 0 Å². The Hall–Kier alpha value is -1.46. The zero-order valence-electron chi connectivity index (χ0n) is 14.5. The van der Waals surface area contributed by atoms with Crippen molar-refractivity contribution in [3.8, 4) is 0 Å². The van der Waals surface area contributed by atoms with Crippen molar-refractivity contribution in [3.63, 3.8) is 0 Å². The van der Waals surface area contributed by atoms with Crippen molar-refractivity contribution in [2.75, 3.05) is 26.2 Å². The first-order valence-corrected chi connectivity index (χ1v) is 8.41. The number of hydrogen-bond acceptors (Lipinski definition) is 6. The first-order chi connectivity index (χ1) is 10.4. The van der Waals surface area contributed by atoms with E-state index in [2.05, 4.69) is 30.4 Å². The second-order valence-corrected chi connectivity index (χ2v) is 7.32. The van der Waals surface area contributed by atoms with Crippen molar-refractivity contribution in [2.45, 2.75) is 64.5 Å². The van der Waals surface area contributed by atoms with Gasteiger partial charge in [0.05, 0.1) is 12.4 Å². The average molecular weight is 306 g/mol. The van der Waals surface area contributed by atoms with Crippen LogP contribution in [0.1, 0.15) is 53.4 Å². The lowest BCUT2D eigenvalue weighted by molar-refractivity contribution is 0.357. The lowest BCUT2D eigenvalue weighted by Gasteiger charge is -2.19. The standard InChI is InChI=1S/C16H30N6/c1-15(2,13-17-21-9-5-6-10-21)19-20-16(3,4)14-18-22-11-7-8-12-22/h13-14H,5-12H2,1-4H3/b17-13+,18-14+,20-19+. The first-order valence-electron chi connectivity index (χ1n) is 8.41. The van der Waals surface area contributed by atoms with E-state index < -0.39 is 0 Å². The zero-order valence-corrected chi connectivity index (χ0v) is 14.5. The Morgan fingerprint density at radius 2 is 0.955 bits per heavy atom. The molecule has 0 bridgehead atoms. The monoisotopic (exact) mass is 306 g/mol. The third-order valence-corrected chi connectivity index (χ3v) is 3.80.